The van der Waals surface area contributed by atoms with E-state index in [0.29, 0.717) is 10.2 Å². The number of methoxy groups -OCH3 is 1. The van der Waals surface area contributed by atoms with Gasteiger partial charge >= 0.3 is 0 Å². The Bertz CT molecular complexity index is 1230. The van der Waals surface area contributed by atoms with Crippen molar-refractivity contribution in [3.8, 4) is 5.75 Å². The summed E-state index contributed by atoms with van der Waals surface area (Å²) in [6, 6.07) is 15.8. The Balaban J connectivity index is 1.89. The third kappa shape index (κ3) is 6.07. The van der Waals surface area contributed by atoms with Gasteiger partial charge in [-0.25, -0.2) is 12.8 Å². The van der Waals surface area contributed by atoms with Crippen LogP contribution in [0, 0.1) is 5.82 Å². The van der Waals surface area contributed by atoms with Gasteiger partial charge in [0.1, 0.15) is 17.6 Å². The number of hydrogen-bond acceptors (Lipinski definition) is 4. The first-order chi connectivity index (χ1) is 15.2. The molecule has 0 fully saturated rings. The molecular formula is C22H19BrClFN2O4S. The topological polar surface area (TPSA) is 84.5 Å². The van der Waals surface area contributed by atoms with E-state index in [1.165, 1.54) is 37.4 Å². The fraction of sp³-hybridized carbons (Fsp3) is 0.136. The van der Waals surface area contributed by atoms with Crippen LogP contribution in [-0.4, -0.2) is 27.5 Å². The molecule has 0 radical (unpaired) electrons. The zero-order chi connectivity index (χ0) is 23.3. The highest BCUT2D eigenvalue weighted by Gasteiger charge is 2.27. The lowest BCUT2D eigenvalue weighted by Crippen LogP contribution is -2.45. The van der Waals surface area contributed by atoms with Gasteiger partial charge in [-0.3, -0.25) is 4.79 Å². The first-order valence-corrected chi connectivity index (χ1v) is 12.0. The van der Waals surface area contributed by atoms with E-state index in [0.717, 1.165) is 5.56 Å². The molecule has 10 heteroatoms. The molecule has 0 aromatic heterocycles. The molecule has 3 rings (SSSR count). The number of carbonyl (C=O) groups excluding carboxylic acids is 1. The Morgan fingerprint density at radius 1 is 1.12 bits per heavy atom. The molecule has 6 nitrogen and oxygen atoms in total. The fourth-order valence-corrected chi connectivity index (χ4v) is 4.79. The van der Waals surface area contributed by atoms with E-state index < -0.39 is 27.8 Å². The van der Waals surface area contributed by atoms with E-state index in [1.54, 1.807) is 36.4 Å². The zero-order valence-corrected chi connectivity index (χ0v) is 20.0. The van der Waals surface area contributed by atoms with Crippen molar-refractivity contribution in [3.63, 3.8) is 0 Å². The molecule has 168 valence electrons. The van der Waals surface area contributed by atoms with Gasteiger partial charge in [-0.2, -0.15) is 4.72 Å². The van der Waals surface area contributed by atoms with Gasteiger partial charge in [-0.1, -0.05) is 57.9 Å². The van der Waals surface area contributed by atoms with Gasteiger partial charge in [-0.05, 0) is 48.4 Å². The molecule has 1 amide bonds. The van der Waals surface area contributed by atoms with Crippen LogP contribution in [0.15, 0.2) is 76.1 Å². The molecule has 3 aromatic carbocycles. The molecule has 1 atom stereocenters. The minimum absolute atomic E-state index is 0.0495. The van der Waals surface area contributed by atoms with Crippen LogP contribution >= 0.6 is 27.5 Å². The Morgan fingerprint density at radius 2 is 1.84 bits per heavy atom. The summed E-state index contributed by atoms with van der Waals surface area (Å²) < 4.78 is 48.1. The first kappa shape index (κ1) is 24.2. The number of sulfonamides is 1. The Hall–Kier alpha value is -2.46. The van der Waals surface area contributed by atoms with Crippen LogP contribution in [0.4, 0.5) is 10.1 Å². The molecule has 0 saturated heterocycles. The Labute approximate surface area is 198 Å². The summed E-state index contributed by atoms with van der Waals surface area (Å²) >= 11 is 9.21. The van der Waals surface area contributed by atoms with Crippen molar-refractivity contribution < 1.29 is 22.3 Å². The number of ether oxygens (including phenoxy) is 1. The van der Waals surface area contributed by atoms with E-state index in [-0.39, 0.29) is 22.0 Å². The van der Waals surface area contributed by atoms with Crippen molar-refractivity contribution in [1.82, 2.24) is 4.72 Å². The second-order valence-electron chi connectivity index (χ2n) is 6.77. The largest absolute Gasteiger partial charge is 0.495 e. The second kappa shape index (κ2) is 10.4. The smallest absolute Gasteiger partial charge is 0.242 e. The van der Waals surface area contributed by atoms with Crippen molar-refractivity contribution >= 4 is 49.1 Å². The molecule has 0 spiro atoms. The number of benzene rings is 3. The fourth-order valence-electron chi connectivity index (χ4n) is 2.92. The van der Waals surface area contributed by atoms with Crippen molar-refractivity contribution in [1.29, 1.82) is 0 Å². The van der Waals surface area contributed by atoms with Crippen LogP contribution in [0.5, 0.6) is 5.75 Å². The summed E-state index contributed by atoms with van der Waals surface area (Å²) in [4.78, 5) is 12.8. The lowest BCUT2D eigenvalue weighted by Gasteiger charge is -2.19. The Morgan fingerprint density at radius 3 is 2.47 bits per heavy atom. The molecule has 2 N–H and O–H groups in total. The summed E-state index contributed by atoms with van der Waals surface area (Å²) in [6.07, 6.45) is 0.0495. The monoisotopic (exact) mass is 540 g/mol. The summed E-state index contributed by atoms with van der Waals surface area (Å²) in [5.74, 6) is -1.05. The van der Waals surface area contributed by atoms with Gasteiger partial charge in [0.15, 0.2) is 0 Å². The number of rotatable bonds is 8. The van der Waals surface area contributed by atoms with Gasteiger partial charge in [0.05, 0.1) is 22.7 Å². The molecule has 0 aliphatic heterocycles. The highest BCUT2D eigenvalue weighted by Crippen LogP contribution is 2.27. The highest BCUT2D eigenvalue weighted by atomic mass is 79.9. The van der Waals surface area contributed by atoms with Gasteiger partial charge in [0.2, 0.25) is 15.9 Å². The molecule has 3 aromatic rings. The molecule has 0 saturated carbocycles. The van der Waals surface area contributed by atoms with Crippen LogP contribution in [-0.2, 0) is 21.2 Å². The summed E-state index contributed by atoms with van der Waals surface area (Å²) in [5.41, 5.74) is 0.655. The number of amides is 1. The maximum atomic E-state index is 14.2. The van der Waals surface area contributed by atoms with Crippen molar-refractivity contribution in [2.75, 3.05) is 12.4 Å². The van der Waals surface area contributed by atoms with Crippen LogP contribution in [0.1, 0.15) is 5.56 Å². The third-order valence-electron chi connectivity index (χ3n) is 4.52. The van der Waals surface area contributed by atoms with Gasteiger partial charge in [0, 0.05) is 4.47 Å². The van der Waals surface area contributed by atoms with Crippen LogP contribution in [0.2, 0.25) is 5.02 Å². The van der Waals surface area contributed by atoms with E-state index in [1.807, 2.05) is 0 Å². The lowest BCUT2D eigenvalue weighted by molar-refractivity contribution is -0.117. The number of anilines is 1. The molecule has 0 heterocycles. The minimum atomic E-state index is -4.13. The Kier molecular flexibility index (Phi) is 7.89. The molecule has 0 bridgehead atoms. The third-order valence-corrected chi connectivity index (χ3v) is 6.78. The van der Waals surface area contributed by atoms with Gasteiger partial charge < -0.3 is 10.1 Å². The highest BCUT2D eigenvalue weighted by molar-refractivity contribution is 9.10. The van der Waals surface area contributed by atoms with E-state index in [2.05, 4.69) is 26.0 Å². The SMILES string of the molecule is COc1ccc(S(=O)(=O)N[C@@H](Cc2ccccc2)C(=O)Nc2ccc(Br)cc2F)cc1Cl. The number of halogens is 3. The van der Waals surface area contributed by atoms with Crippen molar-refractivity contribution in [2.45, 2.75) is 17.4 Å². The van der Waals surface area contributed by atoms with Gasteiger partial charge in [0.25, 0.3) is 0 Å². The number of hydrogen-bond donors (Lipinski definition) is 2. The normalized spacial score (nSPS) is 12.2. The quantitative estimate of drug-likeness (QED) is 0.430. The van der Waals surface area contributed by atoms with E-state index in [4.69, 9.17) is 16.3 Å². The zero-order valence-electron chi connectivity index (χ0n) is 16.8. The predicted molar refractivity (Wildman–Crippen MR) is 125 cm³/mol. The van der Waals surface area contributed by atoms with E-state index >= 15 is 0 Å². The van der Waals surface area contributed by atoms with Crippen molar-refractivity contribution in [3.05, 3.63) is 87.6 Å². The molecule has 32 heavy (non-hydrogen) atoms. The van der Waals surface area contributed by atoms with Crippen LogP contribution < -0.4 is 14.8 Å². The summed E-state index contributed by atoms with van der Waals surface area (Å²) in [6.45, 7) is 0. The second-order valence-corrected chi connectivity index (χ2v) is 9.81. The number of carbonyl (C=O) groups is 1. The average Bonchev–Trinajstić information content (AvgIpc) is 2.75. The lowest BCUT2D eigenvalue weighted by atomic mass is 10.1. The summed E-state index contributed by atoms with van der Waals surface area (Å²) in [5, 5.41) is 2.56. The van der Waals surface area contributed by atoms with Crippen LogP contribution in [0.3, 0.4) is 0 Å². The standard InChI is InChI=1S/C22H19BrClFN2O4S/c1-31-21-10-8-16(13-17(21)24)32(29,30)27-20(11-14-5-3-2-4-6-14)22(28)26-19-9-7-15(23)12-18(19)25/h2-10,12-13,20,27H,11H2,1H3,(H,26,28)/t20-/m0/s1. The maximum Gasteiger partial charge on any atom is 0.242 e. The summed E-state index contributed by atoms with van der Waals surface area (Å²) in [7, 11) is -2.72. The first-order valence-electron chi connectivity index (χ1n) is 9.35. The number of nitrogens with one attached hydrogen (secondary N) is 2. The van der Waals surface area contributed by atoms with Crippen molar-refractivity contribution in [2.24, 2.45) is 0 Å². The molecule has 0 unspecified atom stereocenters. The maximum absolute atomic E-state index is 14.2. The minimum Gasteiger partial charge on any atom is -0.495 e. The average molecular weight is 542 g/mol. The van der Waals surface area contributed by atoms with E-state index in [9.17, 15) is 17.6 Å². The molecule has 0 aliphatic carbocycles. The molecular weight excluding hydrogens is 523 g/mol. The van der Waals surface area contributed by atoms with Gasteiger partial charge in [-0.15, -0.1) is 0 Å². The van der Waals surface area contributed by atoms with Crippen LogP contribution in [0.25, 0.3) is 0 Å². The molecule has 0 aliphatic rings. The predicted octanol–water partition coefficient (Wildman–Crippen LogP) is 4.78.